The van der Waals surface area contributed by atoms with Gasteiger partial charge in [0.25, 0.3) is 0 Å². The van der Waals surface area contributed by atoms with E-state index in [4.69, 9.17) is 13.9 Å². The summed E-state index contributed by atoms with van der Waals surface area (Å²) in [5.74, 6) is -0.590. The zero-order chi connectivity index (χ0) is 27.9. The third-order valence-electron chi connectivity index (χ3n) is 6.30. The lowest BCUT2D eigenvalue weighted by Crippen LogP contribution is -2.36. The maximum absolute atomic E-state index is 13.2. The second-order valence-electron chi connectivity index (χ2n) is 9.96. The van der Waals surface area contributed by atoms with Crippen molar-refractivity contribution in [1.29, 1.82) is 0 Å². The summed E-state index contributed by atoms with van der Waals surface area (Å²) in [4.78, 5) is 24.2. The van der Waals surface area contributed by atoms with Crippen LogP contribution in [0.4, 0.5) is 13.2 Å². The molecule has 0 spiro atoms. The molecule has 0 N–H and O–H groups in total. The number of fused-ring (bicyclic) bond motifs is 1. The molecule has 0 saturated carbocycles. The molecule has 3 aromatic rings. The van der Waals surface area contributed by atoms with Crippen LogP contribution in [0.25, 0.3) is 22.1 Å². The molecule has 0 amide bonds. The Morgan fingerprint density at radius 3 is 2.47 bits per heavy atom. The zero-order valence-corrected chi connectivity index (χ0v) is 22.0. The highest BCUT2D eigenvalue weighted by Crippen LogP contribution is 2.35. The number of ether oxygens (including phenoxy) is 2. The number of carbonyl (C=O) groups is 1. The third kappa shape index (κ3) is 7.97. The molecule has 0 bridgehead atoms. The Balaban J connectivity index is 1.81. The number of alkyl halides is 3. The zero-order valence-electron chi connectivity index (χ0n) is 22.0. The number of halogens is 3. The number of esters is 1. The van der Waals surface area contributed by atoms with Gasteiger partial charge in [-0.05, 0) is 54.7 Å². The summed E-state index contributed by atoms with van der Waals surface area (Å²) in [5.41, 5.74) is 1.63. The molecule has 1 heterocycles. The Kier molecular flexibility index (Phi) is 9.41. The Bertz CT molecular complexity index is 1340. The molecular weight excluding hydrogens is 497 g/mol. The summed E-state index contributed by atoms with van der Waals surface area (Å²) >= 11 is 0. The van der Waals surface area contributed by atoms with Gasteiger partial charge in [-0.25, -0.2) is 9.59 Å². The normalized spacial score (nSPS) is 13.2. The molecule has 8 heteroatoms. The first-order valence-electron chi connectivity index (χ1n) is 12.6. The van der Waals surface area contributed by atoms with E-state index in [1.54, 1.807) is 18.2 Å². The molecular formula is C30H33F3O5. The van der Waals surface area contributed by atoms with E-state index in [0.29, 0.717) is 10.9 Å². The van der Waals surface area contributed by atoms with Crippen LogP contribution in [-0.4, -0.2) is 25.4 Å². The minimum absolute atomic E-state index is 0.226. The first-order valence-corrected chi connectivity index (χ1v) is 12.6. The maximum Gasteiger partial charge on any atom is 0.389 e. The van der Waals surface area contributed by atoms with Crippen LogP contribution in [0, 0.1) is 12.3 Å². The van der Waals surface area contributed by atoms with E-state index in [0.717, 1.165) is 36.5 Å². The molecule has 2 aromatic carbocycles. The van der Waals surface area contributed by atoms with Crippen molar-refractivity contribution in [3.05, 3.63) is 76.7 Å². The molecule has 5 nitrogen and oxygen atoms in total. The monoisotopic (exact) mass is 530 g/mol. The standard InChI is InChI=1S/C30H33F3O5/c1-5-7-8-9-21-10-13-24(20(3)14-21)25-15-22-11-12-23(16-26(22)38-28(25)35)36-18-29(4,17-30(31,32)33)19-37-27(34)6-2/h6,10-16H,2,5,7-9,17-19H2,1,3-4H3. The molecule has 0 aliphatic rings. The van der Waals surface area contributed by atoms with Gasteiger partial charge in [-0.3, -0.25) is 0 Å². The summed E-state index contributed by atoms with van der Waals surface area (Å²) in [6, 6.07) is 12.6. The van der Waals surface area contributed by atoms with Crippen LogP contribution in [0.2, 0.25) is 0 Å². The molecule has 0 aliphatic carbocycles. The van der Waals surface area contributed by atoms with Crippen molar-refractivity contribution < 1.29 is 31.9 Å². The highest BCUT2D eigenvalue weighted by Gasteiger charge is 2.41. The number of benzene rings is 2. The van der Waals surface area contributed by atoms with Crippen molar-refractivity contribution in [2.45, 2.75) is 59.1 Å². The van der Waals surface area contributed by atoms with Crippen molar-refractivity contribution in [1.82, 2.24) is 0 Å². The predicted octanol–water partition coefficient (Wildman–Crippen LogP) is 7.57. The highest BCUT2D eigenvalue weighted by molar-refractivity contribution is 5.83. The van der Waals surface area contributed by atoms with Crippen molar-refractivity contribution >= 4 is 16.9 Å². The van der Waals surface area contributed by atoms with E-state index in [-0.39, 0.29) is 17.9 Å². The minimum Gasteiger partial charge on any atom is -0.493 e. The quantitative estimate of drug-likeness (QED) is 0.105. The summed E-state index contributed by atoms with van der Waals surface area (Å²) < 4.78 is 55.6. The minimum atomic E-state index is -4.49. The largest absolute Gasteiger partial charge is 0.493 e. The van der Waals surface area contributed by atoms with Gasteiger partial charge >= 0.3 is 17.8 Å². The van der Waals surface area contributed by atoms with Crippen LogP contribution in [0.15, 0.2) is 64.3 Å². The average molecular weight is 531 g/mol. The lowest BCUT2D eigenvalue weighted by molar-refractivity contribution is -0.172. The third-order valence-corrected chi connectivity index (χ3v) is 6.30. The Hall–Kier alpha value is -3.55. The number of rotatable bonds is 12. The van der Waals surface area contributed by atoms with Crippen LogP contribution >= 0.6 is 0 Å². The van der Waals surface area contributed by atoms with E-state index in [1.807, 2.05) is 19.1 Å². The van der Waals surface area contributed by atoms with E-state index in [9.17, 15) is 22.8 Å². The van der Waals surface area contributed by atoms with Gasteiger partial charge in [0.1, 0.15) is 17.9 Å². The number of hydrogen-bond acceptors (Lipinski definition) is 5. The first-order chi connectivity index (χ1) is 17.9. The number of carbonyl (C=O) groups excluding carboxylic acids is 1. The molecule has 1 unspecified atom stereocenters. The molecule has 1 atom stereocenters. The van der Waals surface area contributed by atoms with Crippen LogP contribution in [0.5, 0.6) is 5.75 Å². The second kappa shape index (κ2) is 12.3. The fourth-order valence-electron chi connectivity index (χ4n) is 4.32. The summed E-state index contributed by atoms with van der Waals surface area (Å²) in [7, 11) is 0. The van der Waals surface area contributed by atoms with Crippen LogP contribution in [-0.2, 0) is 16.0 Å². The van der Waals surface area contributed by atoms with E-state index < -0.39 is 36.2 Å². The van der Waals surface area contributed by atoms with E-state index >= 15 is 0 Å². The van der Waals surface area contributed by atoms with Crippen LogP contribution in [0.3, 0.4) is 0 Å². The smallest absolute Gasteiger partial charge is 0.389 e. The van der Waals surface area contributed by atoms with Crippen molar-refractivity contribution in [3.8, 4) is 16.9 Å². The second-order valence-corrected chi connectivity index (χ2v) is 9.96. The number of unbranched alkanes of at least 4 members (excludes halogenated alkanes) is 2. The van der Waals surface area contributed by atoms with Gasteiger partial charge < -0.3 is 13.9 Å². The van der Waals surface area contributed by atoms with Crippen LogP contribution < -0.4 is 10.4 Å². The summed E-state index contributed by atoms with van der Waals surface area (Å²) in [6.07, 6.45) is -0.386. The lowest BCUT2D eigenvalue weighted by Gasteiger charge is -2.29. The van der Waals surface area contributed by atoms with Crippen molar-refractivity contribution in [2.24, 2.45) is 5.41 Å². The first kappa shape index (κ1) is 29.0. The van der Waals surface area contributed by atoms with Gasteiger partial charge in [0.05, 0.1) is 18.6 Å². The van der Waals surface area contributed by atoms with Gasteiger partial charge in [0.2, 0.25) is 0 Å². The van der Waals surface area contributed by atoms with Gasteiger partial charge in [-0.2, -0.15) is 13.2 Å². The summed E-state index contributed by atoms with van der Waals surface area (Å²) in [6.45, 7) is 7.82. The molecule has 0 saturated heterocycles. The highest BCUT2D eigenvalue weighted by atomic mass is 19.4. The van der Waals surface area contributed by atoms with E-state index in [1.165, 1.54) is 25.0 Å². The molecule has 1 aromatic heterocycles. The van der Waals surface area contributed by atoms with Crippen molar-refractivity contribution in [3.63, 3.8) is 0 Å². The van der Waals surface area contributed by atoms with Gasteiger partial charge in [-0.1, -0.05) is 51.5 Å². The predicted molar refractivity (Wildman–Crippen MR) is 141 cm³/mol. The fourth-order valence-corrected chi connectivity index (χ4v) is 4.32. The average Bonchev–Trinajstić information content (AvgIpc) is 2.85. The maximum atomic E-state index is 13.2. The molecule has 0 radical (unpaired) electrons. The molecule has 0 fully saturated rings. The molecule has 3 rings (SSSR count). The molecule has 38 heavy (non-hydrogen) atoms. The molecule has 204 valence electrons. The number of aryl methyl sites for hydroxylation is 2. The SMILES string of the molecule is C=CC(=O)OCC(C)(COc1ccc2cc(-c3ccc(CCCCC)cc3C)c(=O)oc2c1)CC(F)(F)F. The summed E-state index contributed by atoms with van der Waals surface area (Å²) in [5, 5.41) is 0.649. The fraction of sp³-hybridized carbons (Fsp3) is 0.400. The van der Waals surface area contributed by atoms with Crippen LogP contribution in [0.1, 0.15) is 50.7 Å². The Labute approximate surface area is 220 Å². The van der Waals surface area contributed by atoms with Gasteiger partial charge in [0.15, 0.2) is 0 Å². The molecule has 0 aliphatic heterocycles. The van der Waals surface area contributed by atoms with E-state index in [2.05, 4.69) is 19.6 Å². The topological polar surface area (TPSA) is 65.7 Å². The number of hydrogen-bond donors (Lipinski definition) is 0. The lowest BCUT2D eigenvalue weighted by atomic mass is 9.88. The Morgan fingerprint density at radius 1 is 1.05 bits per heavy atom. The van der Waals surface area contributed by atoms with Gasteiger partial charge in [-0.15, -0.1) is 0 Å². The van der Waals surface area contributed by atoms with Crippen molar-refractivity contribution in [2.75, 3.05) is 13.2 Å². The Morgan fingerprint density at radius 2 is 1.82 bits per heavy atom. The van der Waals surface area contributed by atoms with Gasteiger partial charge in [0, 0.05) is 22.9 Å².